The number of hydrogen-bond acceptors (Lipinski definition) is 4. The fourth-order valence-corrected chi connectivity index (χ4v) is 2.71. The molecule has 0 spiro atoms. The summed E-state index contributed by atoms with van der Waals surface area (Å²) in [5.74, 6) is -1.02. The van der Waals surface area contributed by atoms with Gasteiger partial charge in [0.2, 0.25) is 0 Å². The molecule has 0 amide bonds. The highest BCUT2D eigenvalue weighted by Gasteiger charge is 2.43. The van der Waals surface area contributed by atoms with Crippen LogP contribution in [0.15, 0.2) is 45.6 Å². The van der Waals surface area contributed by atoms with Crippen molar-refractivity contribution < 1.29 is 9.47 Å². The van der Waals surface area contributed by atoms with Crippen molar-refractivity contribution >= 4 is 31.9 Å². The van der Waals surface area contributed by atoms with Crippen molar-refractivity contribution in [1.82, 2.24) is 9.97 Å². The first-order chi connectivity index (χ1) is 9.21. The smallest absolute Gasteiger partial charge is 0.257 e. The highest BCUT2D eigenvalue weighted by atomic mass is 79.9. The van der Waals surface area contributed by atoms with Gasteiger partial charge in [-0.05, 0) is 56.1 Å². The van der Waals surface area contributed by atoms with Crippen molar-refractivity contribution in [3.05, 3.63) is 57.0 Å². The van der Waals surface area contributed by atoms with E-state index in [1.165, 1.54) is 0 Å². The van der Waals surface area contributed by atoms with Crippen LogP contribution in [0.4, 0.5) is 0 Å². The summed E-state index contributed by atoms with van der Waals surface area (Å²) >= 11 is 6.74. The van der Waals surface area contributed by atoms with Crippen LogP contribution in [-0.4, -0.2) is 23.2 Å². The van der Waals surface area contributed by atoms with E-state index in [2.05, 4.69) is 41.8 Å². The standard InChI is InChI=1S/C13H10Br2N2O2/c14-11-5-1-3-9(16-11)13(18-7-8-19-13)10-4-2-6-12(15)17-10/h1-6H,7-8H2. The third-order valence-corrected chi connectivity index (χ3v) is 3.68. The van der Waals surface area contributed by atoms with Gasteiger partial charge in [-0.3, -0.25) is 0 Å². The summed E-state index contributed by atoms with van der Waals surface area (Å²) in [6.45, 7) is 1.03. The molecule has 19 heavy (non-hydrogen) atoms. The molecule has 98 valence electrons. The van der Waals surface area contributed by atoms with Gasteiger partial charge < -0.3 is 9.47 Å². The second-order valence-electron chi connectivity index (χ2n) is 4.00. The Kier molecular flexibility index (Phi) is 3.66. The molecule has 0 aromatic carbocycles. The lowest BCUT2D eigenvalue weighted by molar-refractivity contribution is -0.136. The lowest BCUT2D eigenvalue weighted by atomic mass is 10.1. The zero-order chi connectivity index (χ0) is 13.3. The van der Waals surface area contributed by atoms with Gasteiger partial charge in [-0.15, -0.1) is 0 Å². The predicted molar refractivity (Wildman–Crippen MR) is 76.6 cm³/mol. The first kappa shape index (κ1) is 13.2. The fourth-order valence-electron chi connectivity index (χ4n) is 2.02. The Labute approximate surface area is 127 Å². The Morgan fingerprint density at radius 2 is 1.32 bits per heavy atom. The summed E-state index contributed by atoms with van der Waals surface area (Å²) in [6, 6.07) is 11.3. The Morgan fingerprint density at radius 1 is 0.842 bits per heavy atom. The second-order valence-corrected chi connectivity index (χ2v) is 5.63. The highest BCUT2D eigenvalue weighted by molar-refractivity contribution is 9.10. The van der Waals surface area contributed by atoms with Crippen molar-refractivity contribution in [2.45, 2.75) is 5.79 Å². The van der Waals surface area contributed by atoms with Gasteiger partial charge in [0.1, 0.15) is 20.6 Å². The first-order valence-electron chi connectivity index (χ1n) is 5.75. The third-order valence-electron chi connectivity index (χ3n) is 2.80. The molecule has 3 rings (SSSR count). The molecule has 0 N–H and O–H groups in total. The Morgan fingerprint density at radius 3 is 1.74 bits per heavy atom. The molecule has 1 aliphatic heterocycles. The van der Waals surface area contributed by atoms with E-state index in [-0.39, 0.29) is 0 Å². The van der Waals surface area contributed by atoms with Gasteiger partial charge in [0, 0.05) is 0 Å². The average molecular weight is 386 g/mol. The van der Waals surface area contributed by atoms with Crippen LogP contribution in [-0.2, 0) is 15.3 Å². The number of ether oxygens (including phenoxy) is 2. The van der Waals surface area contributed by atoms with Gasteiger partial charge in [0.25, 0.3) is 5.79 Å². The number of halogens is 2. The lowest BCUT2D eigenvalue weighted by Crippen LogP contribution is -2.31. The van der Waals surface area contributed by atoms with Crippen LogP contribution in [0.5, 0.6) is 0 Å². The number of pyridine rings is 2. The normalized spacial score (nSPS) is 17.6. The molecule has 0 aliphatic carbocycles. The molecule has 0 saturated carbocycles. The van der Waals surface area contributed by atoms with Crippen LogP contribution in [0.2, 0.25) is 0 Å². The molecule has 2 aromatic rings. The molecule has 0 bridgehead atoms. The molecule has 4 nitrogen and oxygen atoms in total. The Hall–Kier alpha value is -0.820. The second kappa shape index (κ2) is 5.28. The summed E-state index contributed by atoms with van der Waals surface area (Å²) in [4.78, 5) is 8.89. The van der Waals surface area contributed by atoms with Crippen LogP contribution in [0.3, 0.4) is 0 Å². The Balaban J connectivity index is 2.14. The minimum atomic E-state index is -1.02. The van der Waals surface area contributed by atoms with Gasteiger partial charge in [-0.1, -0.05) is 12.1 Å². The summed E-state index contributed by atoms with van der Waals surface area (Å²) in [5.41, 5.74) is 1.37. The molecule has 0 atom stereocenters. The van der Waals surface area contributed by atoms with Crippen LogP contribution >= 0.6 is 31.9 Å². The molecule has 0 unspecified atom stereocenters. The zero-order valence-electron chi connectivity index (χ0n) is 9.85. The van der Waals surface area contributed by atoms with E-state index in [9.17, 15) is 0 Å². The number of aromatic nitrogens is 2. The lowest BCUT2D eigenvalue weighted by Gasteiger charge is -2.26. The average Bonchev–Trinajstić information content (AvgIpc) is 2.89. The first-order valence-corrected chi connectivity index (χ1v) is 7.33. The van der Waals surface area contributed by atoms with Crippen molar-refractivity contribution in [3.63, 3.8) is 0 Å². The minimum Gasteiger partial charge on any atom is -0.337 e. The van der Waals surface area contributed by atoms with Crippen LogP contribution in [0.1, 0.15) is 11.4 Å². The molecular formula is C13H10Br2N2O2. The van der Waals surface area contributed by atoms with E-state index in [0.717, 1.165) is 9.21 Å². The van der Waals surface area contributed by atoms with E-state index < -0.39 is 5.79 Å². The maximum atomic E-state index is 5.83. The van der Waals surface area contributed by atoms with Gasteiger partial charge in [0.15, 0.2) is 0 Å². The predicted octanol–water partition coefficient (Wildman–Crippen LogP) is 3.25. The molecule has 2 aromatic heterocycles. The van der Waals surface area contributed by atoms with Gasteiger partial charge in [0.05, 0.1) is 13.2 Å². The maximum absolute atomic E-state index is 5.83. The van der Waals surface area contributed by atoms with E-state index in [1.807, 2.05) is 36.4 Å². The fraction of sp³-hybridized carbons (Fsp3) is 0.231. The number of nitrogens with zero attached hydrogens (tertiary/aromatic N) is 2. The summed E-state index contributed by atoms with van der Waals surface area (Å²) in [6.07, 6.45) is 0. The van der Waals surface area contributed by atoms with Crippen LogP contribution < -0.4 is 0 Å². The largest absolute Gasteiger partial charge is 0.337 e. The minimum absolute atomic E-state index is 0.516. The molecular weight excluding hydrogens is 376 g/mol. The van der Waals surface area contributed by atoms with E-state index in [1.54, 1.807) is 0 Å². The summed E-state index contributed by atoms with van der Waals surface area (Å²) in [7, 11) is 0. The van der Waals surface area contributed by atoms with Gasteiger partial charge in [-0.2, -0.15) is 0 Å². The van der Waals surface area contributed by atoms with Gasteiger partial charge in [-0.25, -0.2) is 9.97 Å². The van der Waals surface area contributed by atoms with Crippen molar-refractivity contribution in [3.8, 4) is 0 Å². The zero-order valence-corrected chi connectivity index (χ0v) is 13.0. The summed E-state index contributed by atoms with van der Waals surface area (Å²) < 4.78 is 13.1. The Bertz CT molecular complexity index is 553. The summed E-state index contributed by atoms with van der Waals surface area (Å²) in [5, 5.41) is 0. The third kappa shape index (κ3) is 2.45. The number of hydrogen-bond donors (Lipinski definition) is 0. The van der Waals surface area contributed by atoms with Crippen molar-refractivity contribution in [2.75, 3.05) is 13.2 Å². The topological polar surface area (TPSA) is 44.2 Å². The van der Waals surface area contributed by atoms with Crippen molar-refractivity contribution in [1.29, 1.82) is 0 Å². The molecule has 6 heteroatoms. The highest BCUT2D eigenvalue weighted by Crippen LogP contribution is 2.37. The van der Waals surface area contributed by atoms with E-state index in [0.29, 0.717) is 24.6 Å². The van der Waals surface area contributed by atoms with E-state index in [4.69, 9.17) is 9.47 Å². The van der Waals surface area contributed by atoms with Crippen LogP contribution in [0, 0.1) is 0 Å². The SMILES string of the molecule is Brc1cccc(C2(c3cccc(Br)n3)OCCO2)n1. The number of rotatable bonds is 2. The molecule has 1 saturated heterocycles. The van der Waals surface area contributed by atoms with Crippen molar-refractivity contribution in [2.24, 2.45) is 0 Å². The van der Waals surface area contributed by atoms with Crippen LogP contribution in [0.25, 0.3) is 0 Å². The maximum Gasteiger partial charge on any atom is 0.257 e. The van der Waals surface area contributed by atoms with Gasteiger partial charge >= 0.3 is 0 Å². The molecule has 3 heterocycles. The van der Waals surface area contributed by atoms with E-state index >= 15 is 0 Å². The molecule has 0 radical (unpaired) electrons. The molecule has 1 fully saturated rings. The molecule has 1 aliphatic rings. The monoisotopic (exact) mass is 384 g/mol. The quantitative estimate of drug-likeness (QED) is 0.744.